The minimum absolute atomic E-state index is 0.327. The van der Waals surface area contributed by atoms with E-state index in [1.807, 2.05) is 6.92 Å². The van der Waals surface area contributed by atoms with Crippen LogP contribution in [0, 0.1) is 26.7 Å². The molecule has 0 spiro atoms. The fourth-order valence-corrected chi connectivity index (χ4v) is 7.22. The smallest absolute Gasteiger partial charge is 0.145 e. The molecule has 0 amide bonds. The first kappa shape index (κ1) is 22.5. The molecule has 1 unspecified atom stereocenters. The minimum atomic E-state index is -0.327. The highest BCUT2D eigenvalue weighted by Crippen LogP contribution is 2.39. The number of aliphatic hydroxyl groups excluding tert-OH is 1. The molecule has 1 aromatic carbocycles. The van der Waals surface area contributed by atoms with Gasteiger partial charge < -0.3 is 10.4 Å². The van der Waals surface area contributed by atoms with Crippen molar-refractivity contribution < 1.29 is 5.11 Å². The Balaban J connectivity index is 1.87. The zero-order valence-corrected chi connectivity index (χ0v) is 22.2. The Kier molecular flexibility index (Phi) is 6.76. The van der Waals surface area contributed by atoms with Gasteiger partial charge in [-0.2, -0.15) is 0 Å². The summed E-state index contributed by atoms with van der Waals surface area (Å²) in [4.78, 5) is 4.94. The molecule has 0 radical (unpaired) electrons. The van der Waals surface area contributed by atoms with E-state index in [1.165, 1.54) is 11.1 Å². The summed E-state index contributed by atoms with van der Waals surface area (Å²) >= 11 is 11.0. The van der Waals surface area contributed by atoms with Crippen LogP contribution in [0.3, 0.4) is 0 Å². The molecule has 1 atom stereocenters. The van der Waals surface area contributed by atoms with Gasteiger partial charge in [-0.25, -0.2) is 4.98 Å². The zero-order valence-electron chi connectivity index (χ0n) is 17.4. The van der Waals surface area contributed by atoms with Gasteiger partial charge in [-0.1, -0.05) is 15.9 Å². The van der Waals surface area contributed by atoms with Gasteiger partial charge in [-0.05, 0) is 120 Å². The van der Waals surface area contributed by atoms with Crippen LogP contribution in [-0.2, 0) is 6.42 Å². The summed E-state index contributed by atoms with van der Waals surface area (Å²) in [7, 11) is 0. The number of piperidine rings is 1. The summed E-state index contributed by atoms with van der Waals surface area (Å²) < 4.78 is 5.20. The third kappa shape index (κ3) is 4.16. The van der Waals surface area contributed by atoms with E-state index in [4.69, 9.17) is 4.98 Å². The summed E-state index contributed by atoms with van der Waals surface area (Å²) in [5.41, 5.74) is 6.51. The second-order valence-electron chi connectivity index (χ2n) is 8.24. The van der Waals surface area contributed by atoms with Crippen LogP contribution in [0.4, 0.5) is 0 Å². The molecule has 4 nitrogen and oxygen atoms in total. The number of nitrogens with zero attached hydrogens (tertiary/aromatic N) is 2. The van der Waals surface area contributed by atoms with Crippen molar-refractivity contribution in [2.75, 3.05) is 13.1 Å². The van der Waals surface area contributed by atoms with Gasteiger partial charge in [-0.15, -0.1) is 0 Å². The van der Waals surface area contributed by atoms with E-state index >= 15 is 0 Å². The first-order chi connectivity index (χ1) is 14.3. The third-order valence-corrected chi connectivity index (χ3v) is 7.90. The van der Waals surface area contributed by atoms with Gasteiger partial charge in [0.05, 0.1) is 11.8 Å². The minimum Gasteiger partial charge on any atom is -0.392 e. The van der Waals surface area contributed by atoms with Crippen molar-refractivity contribution in [3.8, 4) is 5.69 Å². The standard InChI is InChI=1S/C23H26Br3N3O/c1-12-8-16(9-20(30)15-4-6-27-7-5-15)21-13(2)14(3)29(23(21)28-12)22-18(25)10-17(24)11-19(22)26/h8,10-11,15,20,27,30H,4-7,9H2,1-3H3. The highest BCUT2D eigenvalue weighted by molar-refractivity contribution is 9.11. The van der Waals surface area contributed by atoms with Crippen molar-refractivity contribution in [3.63, 3.8) is 0 Å². The Hall–Kier alpha value is -0.730. The number of halogens is 3. The maximum absolute atomic E-state index is 11.0. The number of aliphatic hydroxyl groups is 1. The lowest BCUT2D eigenvalue weighted by molar-refractivity contribution is 0.0893. The van der Waals surface area contributed by atoms with Crippen LogP contribution >= 0.6 is 47.8 Å². The number of hydrogen-bond acceptors (Lipinski definition) is 3. The van der Waals surface area contributed by atoms with Gasteiger partial charge in [0.25, 0.3) is 0 Å². The summed E-state index contributed by atoms with van der Waals surface area (Å²) in [6, 6.07) is 6.26. The molecule has 7 heteroatoms. The van der Waals surface area contributed by atoms with Crippen molar-refractivity contribution in [1.82, 2.24) is 14.9 Å². The molecule has 3 aromatic rings. The Bertz CT molecular complexity index is 1080. The predicted molar refractivity (Wildman–Crippen MR) is 134 cm³/mol. The Labute approximate surface area is 202 Å². The second kappa shape index (κ2) is 9.02. The summed E-state index contributed by atoms with van der Waals surface area (Å²) in [6.45, 7) is 8.32. The predicted octanol–water partition coefficient (Wildman–Crippen LogP) is 6.14. The van der Waals surface area contributed by atoms with Gasteiger partial charge in [0.15, 0.2) is 0 Å². The van der Waals surface area contributed by atoms with Crippen molar-refractivity contribution >= 4 is 58.8 Å². The van der Waals surface area contributed by atoms with Gasteiger partial charge in [0.2, 0.25) is 0 Å². The van der Waals surface area contributed by atoms with Crippen molar-refractivity contribution in [3.05, 3.63) is 54.1 Å². The van der Waals surface area contributed by atoms with E-state index in [1.54, 1.807) is 0 Å². The fraction of sp³-hybridized carbons (Fsp3) is 0.435. The third-order valence-electron chi connectivity index (χ3n) is 6.24. The monoisotopic (exact) mass is 597 g/mol. The molecular weight excluding hydrogens is 574 g/mol. The Morgan fingerprint density at radius 1 is 1.10 bits per heavy atom. The van der Waals surface area contributed by atoms with Gasteiger partial charge in [-0.3, -0.25) is 4.57 Å². The van der Waals surface area contributed by atoms with E-state index in [0.29, 0.717) is 12.3 Å². The lowest BCUT2D eigenvalue weighted by atomic mass is 9.88. The molecule has 1 saturated heterocycles. The second-order valence-corrected chi connectivity index (χ2v) is 10.9. The number of rotatable bonds is 4. The van der Waals surface area contributed by atoms with E-state index in [-0.39, 0.29) is 6.10 Å². The van der Waals surface area contributed by atoms with Crippen molar-refractivity contribution in [1.29, 1.82) is 0 Å². The van der Waals surface area contributed by atoms with Crippen LogP contribution in [0.2, 0.25) is 0 Å². The number of hydrogen-bond donors (Lipinski definition) is 2. The molecule has 3 heterocycles. The van der Waals surface area contributed by atoms with Gasteiger partial charge in [0, 0.05) is 30.2 Å². The fourth-order valence-electron chi connectivity index (χ4n) is 4.60. The van der Waals surface area contributed by atoms with Crippen molar-refractivity contribution in [2.24, 2.45) is 5.92 Å². The van der Waals surface area contributed by atoms with Crippen LogP contribution in [0.25, 0.3) is 16.7 Å². The largest absolute Gasteiger partial charge is 0.392 e. The molecule has 1 fully saturated rings. The van der Waals surface area contributed by atoms with Gasteiger partial charge in [0.1, 0.15) is 5.65 Å². The molecule has 1 aliphatic rings. The van der Waals surface area contributed by atoms with Crippen LogP contribution in [0.1, 0.15) is 35.4 Å². The Morgan fingerprint density at radius 2 is 1.73 bits per heavy atom. The molecule has 4 rings (SSSR count). The number of benzene rings is 1. The van der Waals surface area contributed by atoms with Crippen molar-refractivity contribution in [2.45, 2.75) is 46.1 Å². The van der Waals surface area contributed by atoms with Crippen LogP contribution < -0.4 is 5.32 Å². The molecular formula is C23H26Br3N3O. The van der Waals surface area contributed by atoms with Crippen LogP contribution in [-0.4, -0.2) is 33.9 Å². The molecule has 30 heavy (non-hydrogen) atoms. The summed E-state index contributed by atoms with van der Waals surface area (Å²) in [6.07, 6.45) is 2.40. The number of nitrogens with one attached hydrogen (secondary N) is 1. The average molecular weight is 600 g/mol. The Morgan fingerprint density at radius 3 is 2.37 bits per heavy atom. The highest BCUT2D eigenvalue weighted by atomic mass is 79.9. The summed E-state index contributed by atoms with van der Waals surface area (Å²) in [5, 5.41) is 15.6. The van der Waals surface area contributed by atoms with E-state index in [9.17, 15) is 5.11 Å². The number of aromatic nitrogens is 2. The first-order valence-corrected chi connectivity index (χ1v) is 12.7. The van der Waals surface area contributed by atoms with E-state index < -0.39 is 0 Å². The maximum atomic E-state index is 11.0. The molecule has 2 aromatic heterocycles. The van der Waals surface area contributed by atoms with Crippen LogP contribution in [0.5, 0.6) is 0 Å². The molecule has 160 valence electrons. The van der Waals surface area contributed by atoms with Crippen LogP contribution in [0.15, 0.2) is 31.6 Å². The number of pyridine rings is 1. The number of aryl methyl sites for hydroxylation is 2. The molecule has 1 aliphatic heterocycles. The molecule has 2 N–H and O–H groups in total. The van der Waals surface area contributed by atoms with Gasteiger partial charge >= 0.3 is 0 Å². The first-order valence-electron chi connectivity index (χ1n) is 10.3. The zero-order chi connectivity index (χ0) is 21.6. The van der Waals surface area contributed by atoms with E-state index in [0.717, 1.165) is 67.5 Å². The maximum Gasteiger partial charge on any atom is 0.145 e. The SMILES string of the molecule is Cc1cc(CC(O)C2CCNCC2)c2c(C)c(C)n(-c3c(Br)cc(Br)cc3Br)c2n1. The quantitative estimate of drug-likeness (QED) is 0.379. The average Bonchev–Trinajstić information content (AvgIpc) is 2.93. The molecule has 0 saturated carbocycles. The summed E-state index contributed by atoms with van der Waals surface area (Å²) in [5.74, 6) is 0.355. The number of fused-ring (bicyclic) bond motifs is 1. The normalized spacial score (nSPS) is 16.4. The molecule has 0 bridgehead atoms. The highest BCUT2D eigenvalue weighted by Gasteiger charge is 2.25. The van der Waals surface area contributed by atoms with E-state index in [2.05, 4.69) is 89.7 Å². The topological polar surface area (TPSA) is 50.1 Å². The lowest BCUT2D eigenvalue weighted by Crippen LogP contribution is -2.35. The lowest BCUT2D eigenvalue weighted by Gasteiger charge is -2.27. The molecule has 0 aliphatic carbocycles.